The third kappa shape index (κ3) is 4.34. The number of ketones is 2. The van der Waals surface area contributed by atoms with Crippen LogP contribution in [0.5, 0.6) is 11.6 Å². The summed E-state index contributed by atoms with van der Waals surface area (Å²) in [5.41, 5.74) is -1.00. The molecule has 0 radical (unpaired) electrons. The molecular formula is C21H17F4NO4. The van der Waals surface area contributed by atoms with Gasteiger partial charge in [0.1, 0.15) is 11.5 Å². The van der Waals surface area contributed by atoms with Gasteiger partial charge in [-0.1, -0.05) is 19.1 Å². The van der Waals surface area contributed by atoms with Crippen molar-refractivity contribution in [2.75, 3.05) is 0 Å². The van der Waals surface area contributed by atoms with E-state index in [1.54, 1.807) is 19.1 Å². The van der Waals surface area contributed by atoms with Crippen molar-refractivity contribution in [3.05, 3.63) is 64.8 Å². The fraction of sp³-hybridized carbons (Fsp3) is 0.286. The predicted molar refractivity (Wildman–Crippen MR) is 97.6 cm³/mol. The first-order chi connectivity index (χ1) is 14.1. The van der Waals surface area contributed by atoms with E-state index in [0.29, 0.717) is 11.6 Å². The Hall–Kier alpha value is -3.23. The zero-order valence-corrected chi connectivity index (χ0v) is 15.8. The maximum atomic E-state index is 14.0. The zero-order chi connectivity index (χ0) is 22.1. The minimum atomic E-state index is -4.88. The number of hydrogen-bond donors (Lipinski definition) is 1. The van der Waals surface area contributed by atoms with Crippen molar-refractivity contribution in [1.82, 2.24) is 4.98 Å². The van der Waals surface area contributed by atoms with Gasteiger partial charge in [-0.25, -0.2) is 9.37 Å². The number of halogens is 4. The van der Waals surface area contributed by atoms with E-state index in [9.17, 15) is 32.3 Å². The van der Waals surface area contributed by atoms with Crippen LogP contribution < -0.4 is 4.74 Å². The Balaban J connectivity index is 1.77. The molecule has 5 nitrogen and oxygen atoms in total. The van der Waals surface area contributed by atoms with Crippen molar-refractivity contribution < 1.29 is 37.0 Å². The largest absolute Gasteiger partial charge is 0.511 e. The summed E-state index contributed by atoms with van der Waals surface area (Å²) < 4.78 is 57.5. The van der Waals surface area contributed by atoms with E-state index in [0.717, 1.165) is 6.20 Å². The average Bonchev–Trinajstić information content (AvgIpc) is 2.68. The molecule has 1 N–H and O–H groups in total. The highest BCUT2D eigenvalue weighted by molar-refractivity contribution is 6.22. The van der Waals surface area contributed by atoms with Gasteiger partial charge in [-0.15, -0.1) is 0 Å². The Morgan fingerprint density at radius 2 is 1.73 bits per heavy atom. The second-order valence-corrected chi connectivity index (χ2v) is 6.77. The molecule has 2 aromatic rings. The smallest absolute Gasteiger partial charge is 0.419 e. The summed E-state index contributed by atoms with van der Waals surface area (Å²) in [4.78, 5) is 28.0. The van der Waals surface area contributed by atoms with Crippen LogP contribution in [0.4, 0.5) is 17.6 Å². The van der Waals surface area contributed by atoms with E-state index in [4.69, 9.17) is 4.74 Å². The fourth-order valence-electron chi connectivity index (χ4n) is 3.25. The molecular weight excluding hydrogens is 406 g/mol. The summed E-state index contributed by atoms with van der Waals surface area (Å²) >= 11 is 0. The second kappa shape index (κ2) is 8.25. The Morgan fingerprint density at radius 1 is 1.13 bits per heavy atom. The van der Waals surface area contributed by atoms with E-state index in [1.807, 2.05) is 0 Å². The summed E-state index contributed by atoms with van der Waals surface area (Å²) in [6, 6.07) is 6.38. The number of carbonyl (C=O) groups excluding carboxylic acids is 2. The number of aromatic nitrogens is 1. The number of aliphatic hydroxyl groups excluding tert-OH is 1. The van der Waals surface area contributed by atoms with Crippen molar-refractivity contribution in [2.45, 2.75) is 38.3 Å². The third-order valence-corrected chi connectivity index (χ3v) is 4.77. The van der Waals surface area contributed by atoms with Crippen LogP contribution in [0.2, 0.25) is 0 Å². The van der Waals surface area contributed by atoms with Crippen molar-refractivity contribution >= 4 is 11.6 Å². The Labute approximate surface area is 169 Å². The third-order valence-electron chi connectivity index (χ3n) is 4.77. The number of rotatable bonds is 4. The van der Waals surface area contributed by atoms with Gasteiger partial charge in [0, 0.05) is 25.5 Å². The van der Waals surface area contributed by atoms with Crippen LogP contribution in [-0.4, -0.2) is 21.7 Å². The molecule has 0 spiro atoms. The summed E-state index contributed by atoms with van der Waals surface area (Å²) in [7, 11) is 0. The first-order valence-corrected chi connectivity index (χ1v) is 9.09. The lowest BCUT2D eigenvalue weighted by Gasteiger charge is -2.23. The van der Waals surface area contributed by atoms with Crippen LogP contribution in [-0.2, 0) is 15.8 Å². The van der Waals surface area contributed by atoms with Gasteiger partial charge in [-0.3, -0.25) is 9.59 Å². The van der Waals surface area contributed by atoms with Gasteiger partial charge in [0.25, 0.3) is 5.88 Å². The van der Waals surface area contributed by atoms with Crippen molar-refractivity contribution in [3.63, 3.8) is 0 Å². The van der Waals surface area contributed by atoms with Gasteiger partial charge >= 0.3 is 6.18 Å². The van der Waals surface area contributed by atoms with Gasteiger partial charge < -0.3 is 9.84 Å². The fourth-order valence-corrected chi connectivity index (χ4v) is 3.25. The molecule has 0 amide bonds. The van der Waals surface area contributed by atoms with Crippen molar-refractivity contribution in [1.29, 1.82) is 0 Å². The van der Waals surface area contributed by atoms with Gasteiger partial charge in [0.2, 0.25) is 0 Å². The summed E-state index contributed by atoms with van der Waals surface area (Å²) in [5.74, 6) is -3.89. The quantitative estimate of drug-likeness (QED) is 0.314. The molecule has 1 fully saturated rings. The molecule has 1 aliphatic carbocycles. The molecule has 0 aliphatic heterocycles. The number of Topliss-reactive ketones (excluding diaryl/α,β-unsaturated/α-hetero) is 2. The number of carbonyl (C=O) groups is 2. The molecule has 0 atom stereocenters. The Kier molecular flexibility index (Phi) is 5.91. The molecule has 0 saturated heterocycles. The average molecular weight is 423 g/mol. The van der Waals surface area contributed by atoms with Gasteiger partial charge in [0.05, 0.1) is 11.1 Å². The van der Waals surface area contributed by atoms with E-state index < -0.39 is 40.9 Å². The van der Waals surface area contributed by atoms with Crippen molar-refractivity contribution in [2.24, 2.45) is 0 Å². The van der Waals surface area contributed by atoms with Crippen LogP contribution in [0.15, 0.2) is 47.9 Å². The molecule has 0 bridgehead atoms. The minimum Gasteiger partial charge on any atom is -0.511 e. The molecule has 3 rings (SSSR count). The predicted octanol–water partition coefficient (Wildman–Crippen LogP) is 5.27. The maximum Gasteiger partial charge on any atom is 0.419 e. The van der Waals surface area contributed by atoms with Gasteiger partial charge in [0.15, 0.2) is 17.4 Å². The SMILES string of the molecule is CCC(O)=C1C(=O)CC(c2ccc(Oc3nccc(C(F)(F)F)c3F)cc2)CC1=O. The number of aliphatic hydroxyl groups is 1. The highest BCUT2D eigenvalue weighted by Gasteiger charge is 2.36. The lowest BCUT2D eigenvalue weighted by atomic mass is 9.79. The number of benzene rings is 1. The van der Waals surface area contributed by atoms with E-state index in [-0.39, 0.29) is 36.3 Å². The van der Waals surface area contributed by atoms with E-state index in [2.05, 4.69) is 4.98 Å². The van der Waals surface area contributed by atoms with Crippen LogP contribution >= 0.6 is 0 Å². The molecule has 1 aromatic carbocycles. The van der Waals surface area contributed by atoms with Crippen molar-refractivity contribution in [3.8, 4) is 11.6 Å². The molecule has 158 valence electrons. The summed E-state index contributed by atoms with van der Waals surface area (Å²) in [5, 5.41) is 9.76. The first-order valence-electron chi connectivity index (χ1n) is 9.09. The Morgan fingerprint density at radius 3 is 2.27 bits per heavy atom. The molecule has 1 saturated carbocycles. The molecule has 9 heteroatoms. The summed E-state index contributed by atoms with van der Waals surface area (Å²) in [6.07, 6.45) is -3.83. The maximum absolute atomic E-state index is 14.0. The molecule has 1 aliphatic rings. The number of ether oxygens (including phenoxy) is 1. The van der Waals surface area contributed by atoms with Crippen LogP contribution in [0.25, 0.3) is 0 Å². The molecule has 1 aromatic heterocycles. The van der Waals surface area contributed by atoms with E-state index in [1.165, 1.54) is 12.1 Å². The van der Waals surface area contributed by atoms with Gasteiger partial charge in [-0.05, 0) is 29.7 Å². The second-order valence-electron chi connectivity index (χ2n) is 6.77. The normalized spacial score (nSPS) is 17.2. The van der Waals surface area contributed by atoms with Crippen LogP contribution in [0.3, 0.4) is 0 Å². The number of hydrogen-bond acceptors (Lipinski definition) is 5. The number of nitrogens with zero attached hydrogens (tertiary/aromatic N) is 1. The Bertz CT molecular complexity index is 993. The highest BCUT2D eigenvalue weighted by Crippen LogP contribution is 2.36. The van der Waals surface area contributed by atoms with Gasteiger partial charge in [-0.2, -0.15) is 13.2 Å². The lowest BCUT2D eigenvalue weighted by Crippen LogP contribution is -2.26. The van der Waals surface area contributed by atoms with Crippen LogP contribution in [0, 0.1) is 5.82 Å². The highest BCUT2D eigenvalue weighted by atomic mass is 19.4. The number of allylic oxidation sites excluding steroid dienone is 2. The number of pyridine rings is 1. The topological polar surface area (TPSA) is 76.5 Å². The standard InChI is InChI=1S/C21H17F4NO4/c1-2-15(27)18-16(28)9-12(10-17(18)29)11-3-5-13(6-4-11)30-20-19(22)14(7-8-26-20)21(23,24)25/h3-8,12,27H,2,9-10H2,1H3. The molecule has 1 heterocycles. The molecule has 30 heavy (non-hydrogen) atoms. The number of alkyl halides is 3. The zero-order valence-electron chi connectivity index (χ0n) is 15.8. The first kappa shape index (κ1) is 21.5. The molecule has 0 unspecified atom stereocenters. The summed E-state index contributed by atoms with van der Waals surface area (Å²) in [6.45, 7) is 1.63. The minimum absolute atomic E-state index is 0.0369. The monoisotopic (exact) mass is 423 g/mol. The lowest BCUT2D eigenvalue weighted by molar-refractivity contribution is -0.140. The van der Waals surface area contributed by atoms with Crippen LogP contribution in [0.1, 0.15) is 43.2 Å². The van der Waals surface area contributed by atoms with E-state index >= 15 is 0 Å².